The van der Waals surface area contributed by atoms with Gasteiger partial charge in [0.25, 0.3) is 0 Å². The van der Waals surface area contributed by atoms with E-state index in [0.29, 0.717) is 5.92 Å². The van der Waals surface area contributed by atoms with Crippen molar-refractivity contribution in [1.82, 2.24) is 0 Å². The zero-order chi connectivity index (χ0) is 13.7. The summed E-state index contributed by atoms with van der Waals surface area (Å²) in [5.74, 6) is 0.522. The van der Waals surface area contributed by atoms with E-state index in [0.717, 1.165) is 43.6 Å². The number of hydrogen-bond acceptors (Lipinski definition) is 3. The van der Waals surface area contributed by atoms with Crippen molar-refractivity contribution in [2.75, 3.05) is 26.4 Å². The van der Waals surface area contributed by atoms with Crippen molar-refractivity contribution in [3.05, 3.63) is 35.4 Å². The fourth-order valence-corrected chi connectivity index (χ4v) is 2.96. The first-order chi connectivity index (χ1) is 9.20. The SMILES string of the molecule is Cc1cccc(C(CO)(CO)CC2CCOCC2)c1. The third-order valence-electron chi connectivity index (χ3n) is 4.26. The van der Waals surface area contributed by atoms with Crippen LogP contribution in [-0.2, 0) is 10.2 Å². The topological polar surface area (TPSA) is 49.7 Å². The minimum Gasteiger partial charge on any atom is -0.395 e. The second-order valence-corrected chi connectivity index (χ2v) is 5.73. The molecule has 0 aliphatic carbocycles. The first kappa shape index (κ1) is 14.5. The van der Waals surface area contributed by atoms with Gasteiger partial charge in [0, 0.05) is 18.6 Å². The van der Waals surface area contributed by atoms with Gasteiger partial charge in [-0.25, -0.2) is 0 Å². The molecule has 0 amide bonds. The van der Waals surface area contributed by atoms with Crippen LogP contribution in [-0.4, -0.2) is 36.6 Å². The molecule has 1 saturated heterocycles. The lowest BCUT2D eigenvalue weighted by Gasteiger charge is -2.35. The zero-order valence-corrected chi connectivity index (χ0v) is 11.6. The van der Waals surface area contributed by atoms with Crippen LogP contribution in [0.15, 0.2) is 24.3 Å². The molecular weight excluding hydrogens is 240 g/mol. The summed E-state index contributed by atoms with van der Waals surface area (Å²) >= 11 is 0. The largest absolute Gasteiger partial charge is 0.395 e. The average molecular weight is 264 g/mol. The van der Waals surface area contributed by atoms with Crippen molar-refractivity contribution in [1.29, 1.82) is 0 Å². The molecule has 1 fully saturated rings. The predicted octanol–water partition coefficient (Wildman–Crippen LogP) is 2.03. The third-order valence-corrected chi connectivity index (χ3v) is 4.26. The molecule has 1 aliphatic rings. The van der Waals surface area contributed by atoms with E-state index in [1.165, 1.54) is 0 Å². The van der Waals surface area contributed by atoms with Gasteiger partial charge in [-0.15, -0.1) is 0 Å². The molecule has 0 spiro atoms. The number of benzene rings is 1. The lowest BCUT2D eigenvalue weighted by molar-refractivity contribution is 0.0354. The second kappa shape index (κ2) is 6.51. The van der Waals surface area contributed by atoms with E-state index >= 15 is 0 Å². The molecule has 1 aromatic carbocycles. The fraction of sp³-hybridized carbons (Fsp3) is 0.625. The van der Waals surface area contributed by atoms with E-state index in [-0.39, 0.29) is 13.2 Å². The molecule has 1 heterocycles. The van der Waals surface area contributed by atoms with Crippen LogP contribution in [0.1, 0.15) is 30.4 Å². The normalized spacial score (nSPS) is 17.6. The molecule has 0 unspecified atom stereocenters. The van der Waals surface area contributed by atoms with Crippen molar-refractivity contribution in [3.8, 4) is 0 Å². The van der Waals surface area contributed by atoms with Crippen LogP contribution in [0, 0.1) is 12.8 Å². The van der Waals surface area contributed by atoms with Gasteiger partial charge in [0.05, 0.1) is 13.2 Å². The van der Waals surface area contributed by atoms with Gasteiger partial charge in [-0.3, -0.25) is 0 Å². The summed E-state index contributed by atoms with van der Waals surface area (Å²) in [6.07, 6.45) is 2.87. The van der Waals surface area contributed by atoms with Crippen LogP contribution in [0.25, 0.3) is 0 Å². The van der Waals surface area contributed by atoms with Crippen LogP contribution in [0.5, 0.6) is 0 Å². The van der Waals surface area contributed by atoms with Gasteiger partial charge in [-0.2, -0.15) is 0 Å². The number of rotatable bonds is 5. The molecule has 1 aliphatic heterocycles. The fourth-order valence-electron chi connectivity index (χ4n) is 2.96. The van der Waals surface area contributed by atoms with Gasteiger partial charge in [-0.05, 0) is 37.7 Å². The van der Waals surface area contributed by atoms with Crippen LogP contribution in [0.2, 0.25) is 0 Å². The van der Waals surface area contributed by atoms with Gasteiger partial charge in [0.2, 0.25) is 0 Å². The molecular formula is C16H24O3. The molecule has 2 rings (SSSR count). The minimum atomic E-state index is -0.520. The number of aryl methyl sites for hydroxylation is 1. The Balaban J connectivity index is 2.20. The van der Waals surface area contributed by atoms with Crippen molar-refractivity contribution in [3.63, 3.8) is 0 Å². The highest BCUT2D eigenvalue weighted by Crippen LogP contribution is 2.34. The molecule has 3 nitrogen and oxygen atoms in total. The summed E-state index contributed by atoms with van der Waals surface area (Å²) in [6.45, 7) is 3.61. The summed E-state index contributed by atoms with van der Waals surface area (Å²) in [5, 5.41) is 19.7. The molecule has 1 aromatic rings. The monoisotopic (exact) mass is 264 g/mol. The zero-order valence-electron chi connectivity index (χ0n) is 11.6. The molecule has 106 valence electrons. The second-order valence-electron chi connectivity index (χ2n) is 5.73. The first-order valence-corrected chi connectivity index (χ1v) is 7.07. The summed E-state index contributed by atoms with van der Waals surface area (Å²) in [7, 11) is 0. The van der Waals surface area contributed by atoms with E-state index in [9.17, 15) is 10.2 Å². The number of ether oxygens (including phenoxy) is 1. The summed E-state index contributed by atoms with van der Waals surface area (Å²) in [5.41, 5.74) is 1.69. The van der Waals surface area contributed by atoms with E-state index in [4.69, 9.17) is 4.74 Å². The molecule has 0 aromatic heterocycles. The predicted molar refractivity (Wildman–Crippen MR) is 75.2 cm³/mol. The smallest absolute Gasteiger partial charge is 0.0550 e. The van der Waals surface area contributed by atoms with Gasteiger partial charge in [-0.1, -0.05) is 29.8 Å². The standard InChI is InChI=1S/C16H24O3/c1-13-3-2-4-15(9-13)16(11-17,12-18)10-14-5-7-19-8-6-14/h2-4,9,14,17-18H,5-8,10-12H2,1H3. The summed E-state index contributed by atoms with van der Waals surface area (Å²) in [6, 6.07) is 8.12. The average Bonchev–Trinajstić information content (AvgIpc) is 2.46. The lowest BCUT2D eigenvalue weighted by atomic mass is 9.73. The quantitative estimate of drug-likeness (QED) is 0.855. The minimum absolute atomic E-state index is 0.00961. The van der Waals surface area contributed by atoms with Gasteiger partial charge < -0.3 is 14.9 Å². The molecule has 2 N–H and O–H groups in total. The number of aliphatic hydroxyl groups excluding tert-OH is 2. The highest BCUT2D eigenvalue weighted by molar-refractivity contribution is 5.30. The maximum Gasteiger partial charge on any atom is 0.0550 e. The van der Waals surface area contributed by atoms with E-state index in [1.807, 2.05) is 25.1 Å². The maximum absolute atomic E-state index is 9.86. The van der Waals surface area contributed by atoms with Gasteiger partial charge in [0.1, 0.15) is 0 Å². The van der Waals surface area contributed by atoms with Crippen LogP contribution in [0.3, 0.4) is 0 Å². The van der Waals surface area contributed by atoms with Crippen LogP contribution >= 0.6 is 0 Å². The Bertz CT molecular complexity index is 393. The Labute approximate surface area is 115 Å². The van der Waals surface area contributed by atoms with Crippen molar-refractivity contribution < 1.29 is 14.9 Å². The molecule has 0 atom stereocenters. The van der Waals surface area contributed by atoms with Crippen LogP contribution < -0.4 is 0 Å². The Morgan fingerprint density at radius 3 is 2.47 bits per heavy atom. The maximum atomic E-state index is 9.86. The molecule has 0 radical (unpaired) electrons. The van der Waals surface area contributed by atoms with Crippen molar-refractivity contribution >= 4 is 0 Å². The van der Waals surface area contributed by atoms with E-state index in [2.05, 4.69) is 6.07 Å². The van der Waals surface area contributed by atoms with Crippen molar-refractivity contribution in [2.24, 2.45) is 5.92 Å². The lowest BCUT2D eigenvalue weighted by Crippen LogP contribution is -2.38. The number of aliphatic hydroxyl groups is 2. The van der Waals surface area contributed by atoms with Gasteiger partial charge >= 0.3 is 0 Å². The Hall–Kier alpha value is -0.900. The summed E-state index contributed by atoms with van der Waals surface area (Å²) in [4.78, 5) is 0. The Morgan fingerprint density at radius 2 is 1.89 bits per heavy atom. The van der Waals surface area contributed by atoms with Crippen LogP contribution in [0.4, 0.5) is 0 Å². The first-order valence-electron chi connectivity index (χ1n) is 7.07. The summed E-state index contributed by atoms with van der Waals surface area (Å²) < 4.78 is 5.38. The molecule has 19 heavy (non-hydrogen) atoms. The Morgan fingerprint density at radius 1 is 1.21 bits per heavy atom. The Kier molecular flexibility index (Phi) is 4.97. The highest BCUT2D eigenvalue weighted by atomic mass is 16.5. The van der Waals surface area contributed by atoms with E-state index < -0.39 is 5.41 Å². The number of hydrogen-bond donors (Lipinski definition) is 2. The molecule has 0 saturated carbocycles. The molecule has 3 heteroatoms. The van der Waals surface area contributed by atoms with Crippen molar-refractivity contribution in [2.45, 2.75) is 31.6 Å². The molecule has 0 bridgehead atoms. The van der Waals surface area contributed by atoms with E-state index in [1.54, 1.807) is 0 Å². The highest BCUT2D eigenvalue weighted by Gasteiger charge is 2.34. The van der Waals surface area contributed by atoms with Gasteiger partial charge in [0.15, 0.2) is 0 Å². The third kappa shape index (κ3) is 3.35.